The molecule has 0 N–H and O–H groups in total. The first-order chi connectivity index (χ1) is 15.1. The van der Waals surface area contributed by atoms with Gasteiger partial charge in [0.2, 0.25) is 0 Å². The molecule has 4 heterocycles. The predicted octanol–water partition coefficient (Wildman–Crippen LogP) is 3.93. The van der Waals surface area contributed by atoms with Crippen LogP contribution in [0.3, 0.4) is 0 Å². The molecule has 1 aromatic carbocycles. The van der Waals surface area contributed by atoms with Gasteiger partial charge in [-0.3, -0.25) is 9.58 Å². The summed E-state index contributed by atoms with van der Waals surface area (Å²) < 4.78 is 1.80. The molecule has 0 bridgehead atoms. The highest BCUT2D eigenvalue weighted by Gasteiger charge is 2.21. The first-order valence-corrected chi connectivity index (χ1v) is 11.6. The van der Waals surface area contributed by atoms with Gasteiger partial charge in [-0.2, -0.15) is 5.10 Å². The van der Waals surface area contributed by atoms with E-state index < -0.39 is 0 Å². The number of nitrogens with zero attached hydrogens (tertiary/aromatic N) is 7. The molecule has 0 aliphatic carbocycles. The quantitative estimate of drug-likeness (QED) is 0.475. The van der Waals surface area contributed by atoms with Gasteiger partial charge in [-0.15, -0.1) is 11.3 Å². The molecule has 0 amide bonds. The Hall–Kier alpha value is -2.84. The molecule has 0 unspecified atom stereocenters. The Morgan fingerprint density at radius 1 is 1.03 bits per heavy atom. The maximum Gasteiger partial charge on any atom is 0.163 e. The van der Waals surface area contributed by atoms with Gasteiger partial charge in [0.15, 0.2) is 5.65 Å². The van der Waals surface area contributed by atoms with Gasteiger partial charge in [0.05, 0.1) is 17.3 Å². The zero-order valence-electron chi connectivity index (χ0n) is 18.2. The summed E-state index contributed by atoms with van der Waals surface area (Å²) in [5, 5.41) is 8.65. The van der Waals surface area contributed by atoms with Gasteiger partial charge >= 0.3 is 0 Å². The molecule has 8 heteroatoms. The second kappa shape index (κ2) is 8.36. The van der Waals surface area contributed by atoms with Gasteiger partial charge in [0.25, 0.3) is 0 Å². The summed E-state index contributed by atoms with van der Waals surface area (Å²) in [7, 11) is 1.91. The number of thiazole rings is 1. The highest BCUT2D eigenvalue weighted by molar-refractivity contribution is 7.13. The molecule has 3 aromatic heterocycles. The van der Waals surface area contributed by atoms with Gasteiger partial charge in [0.1, 0.15) is 17.2 Å². The molecule has 7 nitrogen and oxygen atoms in total. The number of anilines is 1. The molecule has 1 fully saturated rings. The van der Waals surface area contributed by atoms with Crippen molar-refractivity contribution in [1.82, 2.24) is 29.6 Å². The topological polar surface area (TPSA) is 63.0 Å². The van der Waals surface area contributed by atoms with Crippen molar-refractivity contribution in [2.24, 2.45) is 7.05 Å². The Morgan fingerprint density at radius 3 is 2.55 bits per heavy atom. The summed E-state index contributed by atoms with van der Waals surface area (Å²) in [4.78, 5) is 18.6. The van der Waals surface area contributed by atoms with E-state index >= 15 is 0 Å². The molecule has 4 aromatic rings. The molecular formula is C23H27N7S. The second-order valence-electron chi connectivity index (χ2n) is 8.39. The van der Waals surface area contributed by atoms with Crippen LogP contribution in [-0.4, -0.2) is 55.8 Å². The van der Waals surface area contributed by atoms with E-state index in [-0.39, 0.29) is 0 Å². The molecule has 160 valence electrons. The van der Waals surface area contributed by atoms with Crippen molar-refractivity contribution in [3.05, 3.63) is 53.4 Å². The third kappa shape index (κ3) is 4.05. The first-order valence-electron chi connectivity index (χ1n) is 10.7. The number of rotatable bonds is 5. The largest absolute Gasteiger partial charge is 0.353 e. The van der Waals surface area contributed by atoms with E-state index in [9.17, 15) is 0 Å². The standard InChI is InChI=1S/C23H27N7S/c1-16(2)17-4-6-18(7-5-17)23-27-19(14-31-23)13-29-8-10-30(11-9-29)22-20-12-26-28(3)21(20)24-15-25-22/h4-7,12,14-16H,8-11,13H2,1-3H3. The third-order valence-corrected chi connectivity index (χ3v) is 6.88. The van der Waals surface area contributed by atoms with Gasteiger partial charge in [-0.25, -0.2) is 15.0 Å². The van der Waals surface area contributed by atoms with Crippen molar-refractivity contribution >= 4 is 28.2 Å². The van der Waals surface area contributed by atoms with Crippen molar-refractivity contribution in [1.29, 1.82) is 0 Å². The Balaban J connectivity index is 1.22. The van der Waals surface area contributed by atoms with Gasteiger partial charge in [-0.05, 0) is 11.5 Å². The van der Waals surface area contributed by atoms with Crippen LogP contribution in [0.2, 0.25) is 0 Å². The molecule has 1 aliphatic rings. The lowest BCUT2D eigenvalue weighted by atomic mass is 10.0. The first kappa shape index (κ1) is 20.1. The zero-order chi connectivity index (χ0) is 21.4. The van der Waals surface area contributed by atoms with Crippen LogP contribution in [0.4, 0.5) is 5.82 Å². The molecule has 0 saturated carbocycles. The molecule has 31 heavy (non-hydrogen) atoms. The average molecular weight is 434 g/mol. The summed E-state index contributed by atoms with van der Waals surface area (Å²) in [6.07, 6.45) is 3.50. The fraction of sp³-hybridized carbons (Fsp3) is 0.391. The van der Waals surface area contributed by atoms with Crippen molar-refractivity contribution in [3.63, 3.8) is 0 Å². The van der Waals surface area contributed by atoms with Crippen molar-refractivity contribution in [2.45, 2.75) is 26.3 Å². The number of aromatic nitrogens is 5. The zero-order valence-corrected chi connectivity index (χ0v) is 19.0. The fourth-order valence-electron chi connectivity index (χ4n) is 4.07. The lowest BCUT2D eigenvalue weighted by molar-refractivity contribution is 0.247. The number of aryl methyl sites for hydroxylation is 1. The number of fused-ring (bicyclic) bond motifs is 1. The summed E-state index contributed by atoms with van der Waals surface area (Å²) in [5.74, 6) is 1.54. The third-order valence-electron chi connectivity index (χ3n) is 5.94. The van der Waals surface area contributed by atoms with Gasteiger partial charge < -0.3 is 4.90 Å². The maximum absolute atomic E-state index is 4.90. The molecule has 5 rings (SSSR count). The van der Waals surface area contributed by atoms with Crippen LogP contribution in [0.1, 0.15) is 31.0 Å². The number of piperazine rings is 1. The minimum absolute atomic E-state index is 0.552. The van der Waals surface area contributed by atoms with E-state index in [4.69, 9.17) is 4.98 Å². The molecule has 0 atom stereocenters. The van der Waals surface area contributed by atoms with E-state index in [1.54, 1.807) is 22.3 Å². The number of hydrogen-bond acceptors (Lipinski definition) is 7. The molecule has 0 radical (unpaired) electrons. The van der Waals surface area contributed by atoms with Crippen LogP contribution < -0.4 is 4.90 Å². The van der Waals surface area contributed by atoms with Crippen molar-refractivity contribution in [3.8, 4) is 10.6 Å². The number of hydrogen-bond donors (Lipinski definition) is 0. The highest BCUT2D eigenvalue weighted by Crippen LogP contribution is 2.27. The normalized spacial score (nSPS) is 15.3. The Morgan fingerprint density at radius 2 is 1.81 bits per heavy atom. The van der Waals surface area contributed by atoms with Crippen LogP contribution >= 0.6 is 11.3 Å². The van der Waals surface area contributed by atoms with Gasteiger partial charge in [0, 0.05) is 50.7 Å². The van der Waals surface area contributed by atoms with E-state index in [1.807, 2.05) is 13.2 Å². The summed E-state index contributed by atoms with van der Waals surface area (Å²) in [5.41, 5.74) is 4.60. The summed E-state index contributed by atoms with van der Waals surface area (Å²) >= 11 is 1.73. The highest BCUT2D eigenvalue weighted by atomic mass is 32.1. The van der Waals surface area contributed by atoms with Crippen LogP contribution in [0.15, 0.2) is 42.2 Å². The second-order valence-corrected chi connectivity index (χ2v) is 9.24. The van der Waals surface area contributed by atoms with E-state index in [0.717, 1.165) is 60.3 Å². The van der Waals surface area contributed by atoms with Crippen molar-refractivity contribution < 1.29 is 0 Å². The minimum atomic E-state index is 0.552. The molecule has 1 saturated heterocycles. The van der Waals surface area contributed by atoms with Crippen LogP contribution in [0.25, 0.3) is 21.6 Å². The van der Waals surface area contributed by atoms with E-state index in [0.29, 0.717) is 5.92 Å². The smallest absolute Gasteiger partial charge is 0.163 e. The Bertz CT molecular complexity index is 1170. The summed E-state index contributed by atoms with van der Waals surface area (Å²) in [6, 6.07) is 8.81. The lowest BCUT2D eigenvalue weighted by Crippen LogP contribution is -2.46. The predicted molar refractivity (Wildman–Crippen MR) is 125 cm³/mol. The minimum Gasteiger partial charge on any atom is -0.353 e. The molecular weight excluding hydrogens is 406 g/mol. The SMILES string of the molecule is CC(C)c1ccc(-c2nc(CN3CCN(c4ncnc5c4cnn5C)CC3)cs2)cc1. The maximum atomic E-state index is 4.90. The van der Waals surface area contributed by atoms with Crippen molar-refractivity contribution in [2.75, 3.05) is 31.1 Å². The fourth-order valence-corrected chi connectivity index (χ4v) is 4.89. The van der Waals surface area contributed by atoms with E-state index in [2.05, 4.69) is 68.4 Å². The Labute approximate surface area is 186 Å². The van der Waals surface area contributed by atoms with Crippen LogP contribution in [0, 0.1) is 0 Å². The number of benzene rings is 1. The van der Waals surface area contributed by atoms with E-state index in [1.165, 1.54) is 11.1 Å². The van der Waals surface area contributed by atoms with Gasteiger partial charge in [-0.1, -0.05) is 38.1 Å². The van der Waals surface area contributed by atoms with Crippen LogP contribution in [-0.2, 0) is 13.6 Å². The summed E-state index contributed by atoms with van der Waals surface area (Å²) in [6.45, 7) is 9.19. The Kier molecular flexibility index (Phi) is 5.41. The lowest BCUT2D eigenvalue weighted by Gasteiger charge is -2.35. The van der Waals surface area contributed by atoms with Crippen LogP contribution in [0.5, 0.6) is 0 Å². The average Bonchev–Trinajstić information content (AvgIpc) is 3.41. The molecule has 0 spiro atoms. The molecule has 1 aliphatic heterocycles. The monoisotopic (exact) mass is 433 g/mol.